The molecule has 1 saturated heterocycles. The van der Waals surface area contributed by atoms with Gasteiger partial charge in [0.2, 0.25) is 0 Å². The average molecular weight is 262 g/mol. The summed E-state index contributed by atoms with van der Waals surface area (Å²) < 4.78 is 5.69. The molecule has 0 bridgehead atoms. The molecule has 0 aromatic heterocycles. The van der Waals surface area contributed by atoms with Crippen molar-refractivity contribution in [3.8, 4) is 5.75 Å². The molecule has 1 aliphatic heterocycles. The van der Waals surface area contributed by atoms with Gasteiger partial charge < -0.3 is 15.0 Å². The van der Waals surface area contributed by atoms with Gasteiger partial charge in [0.25, 0.3) is 0 Å². The van der Waals surface area contributed by atoms with Gasteiger partial charge in [0.15, 0.2) is 0 Å². The lowest BCUT2D eigenvalue weighted by Crippen LogP contribution is -2.31. The molecule has 1 aromatic rings. The van der Waals surface area contributed by atoms with E-state index in [0.29, 0.717) is 6.04 Å². The van der Waals surface area contributed by atoms with Gasteiger partial charge in [-0.1, -0.05) is 12.1 Å². The summed E-state index contributed by atoms with van der Waals surface area (Å²) in [6, 6.07) is 8.91. The van der Waals surface area contributed by atoms with Crippen LogP contribution in [-0.4, -0.2) is 37.7 Å². The highest BCUT2D eigenvalue weighted by molar-refractivity contribution is 5.29. The standard InChI is InChI=1S/C16H26N2O/c1-13(2)19-15-8-6-14(7-9-15)16(17-3)12-18-10-4-5-11-18/h6-9,13,16-17H,4-5,10-12H2,1-3H3. The summed E-state index contributed by atoms with van der Waals surface area (Å²) in [5, 5.41) is 3.42. The summed E-state index contributed by atoms with van der Waals surface area (Å²) in [7, 11) is 2.04. The molecule has 0 amide bonds. The van der Waals surface area contributed by atoms with Gasteiger partial charge in [0, 0.05) is 12.6 Å². The maximum Gasteiger partial charge on any atom is 0.119 e. The van der Waals surface area contributed by atoms with Gasteiger partial charge in [-0.15, -0.1) is 0 Å². The van der Waals surface area contributed by atoms with Crippen LogP contribution in [0.2, 0.25) is 0 Å². The molecule has 0 spiro atoms. The van der Waals surface area contributed by atoms with Gasteiger partial charge in [0.1, 0.15) is 5.75 Å². The van der Waals surface area contributed by atoms with Crippen molar-refractivity contribution in [3.05, 3.63) is 29.8 Å². The second kappa shape index (κ2) is 6.92. The molecule has 0 saturated carbocycles. The largest absolute Gasteiger partial charge is 0.491 e. The highest BCUT2D eigenvalue weighted by atomic mass is 16.5. The smallest absolute Gasteiger partial charge is 0.119 e. The summed E-state index contributed by atoms with van der Waals surface area (Å²) >= 11 is 0. The molecule has 0 radical (unpaired) electrons. The molecule has 1 atom stereocenters. The first-order chi connectivity index (χ1) is 9.19. The molecule has 3 nitrogen and oxygen atoms in total. The summed E-state index contributed by atoms with van der Waals surface area (Å²) in [5.41, 5.74) is 1.34. The molecule has 19 heavy (non-hydrogen) atoms. The van der Waals surface area contributed by atoms with Gasteiger partial charge in [-0.2, -0.15) is 0 Å². The molecule has 1 unspecified atom stereocenters. The highest BCUT2D eigenvalue weighted by Gasteiger charge is 2.17. The Bertz CT molecular complexity index is 369. The summed E-state index contributed by atoms with van der Waals surface area (Å²) in [6.07, 6.45) is 2.92. The minimum Gasteiger partial charge on any atom is -0.491 e. The lowest BCUT2D eigenvalue weighted by molar-refractivity contribution is 0.242. The van der Waals surface area contributed by atoms with Crippen molar-refractivity contribution < 1.29 is 4.74 Å². The van der Waals surface area contributed by atoms with E-state index in [-0.39, 0.29) is 6.10 Å². The monoisotopic (exact) mass is 262 g/mol. The minimum absolute atomic E-state index is 0.232. The number of hydrogen-bond acceptors (Lipinski definition) is 3. The quantitative estimate of drug-likeness (QED) is 0.853. The lowest BCUT2D eigenvalue weighted by Gasteiger charge is -2.23. The van der Waals surface area contributed by atoms with Crippen LogP contribution < -0.4 is 10.1 Å². The minimum atomic E-state index is 0.232. The summed E-state index contributed by atoms with van der Waals surface area (Å²) in [4.78, 5) is 2.54. The maximum absolute atomic E-state index is 5.69. The van der Waals surface area contributed by atoms with Crippen molar-refractivity contribution in [1.29, 1.82) is 0 Å². The van der Waals surface area contributed by atoms with Crippen LogP contribution in [0, 0.1) is 0 Å². The van der Waals surface area contributed by atoms with Crippen molar-refractivity contribution in [1.82, 2.24) is 10.2 Å². The van der Waals surface area contributed by atoms with E-state index in [2.05, 4.69) is 48.3 Å². The fourth-order valence-corrected chi connectivity index (χ4v) is 2.64. The van der Waals surface area contributed by atoms with Gasteiger partial charge in [0.05, 0.1) is 6.10 Å². The number of hydrogen-bond donors (Lipinski definition) is 1. The SMILES string of the molecule is CNC(CN1CCCC1)c1ccc(OC(C)C)cc1. The Morgan fingerprint density at radius 3 is 2.32 bits per heavy atom. The van der Waals surface area contributed by atoms with Crippen LogP contribution in [0.1, 0.15) is 38.3 Å². The van der Waals surface area contributed by atoms with Gasteiger partial charge in [-0.05, 0) is 64.5 Å². The topological polar surface area (TPSA) is 24.5 Å². The van der Waals surface area contributed by atoms with E-state index >= 15 is 0 Å². The number of likely N-dealkylation sites (N-methyl/N-ethyl adjacent to an activating group) is 1. The zero-order chi connectivity index (χ0) is 13.7. The molecule has 0 aliphatic carbocycles. The highest BCUT2D eigenvalue weighted by Crippen LogP contribution is 2.21. The Morgan fingerprint density at radius 1 is 1.16 bits per heavy atom. The predicted octanol–water partition coefficient (Wildman–Crippen LogP) is 2.83. The normalized spacial score (nSPS) is 17.9. The lowest BCUT2D eigenvalue weighted by atomic mass is 10.1. The maximum atomic E-state index is 5.69. The molecular weight excluding hydrogens is 236 g/mol. The molecule has 1 aliphatic rings. The molecule has 1 N–H and O–H groups in total. The Morgan fingerprint density at radius 2 is 1.79 bits per heavy atom. The summed E-state index contributed by atoms with van der Waals surface area (Å²) in [5.74, 6) is 0.953. The number of benzene rings is 1. The van der Waals surface area contributed by atoms with Crippen LogP contribution in [0.5, 0.6) is 5.75 Å². The van der Waals surface area contributed by atoms with E-state index in [4.69, 9.17) is 4.74 Å². The van der Waals surface area contributed by atoms with Crippen molar-refractivity contribution in [2.45, 2.75) is 38.8 Å². The first-order valence-corrected chi connectivity index (χ1v) is 7.35. The van der Waals surface area contributed by atoms with E-state index in [1.165, 1.54) is 31.5 Å². The molecule has 1 heterocycles. The Hall–Kier alpha value is -1.06. The Labute approximate surface area is 116 Å². The second-order valence-corrected chi connectivity index (χ2v) is 5.58. The zero-order valence-electron chi connectivity index (χ0n) is 12.4. The fraction of sp³-hybridized carbons (Fsp3) is 0.625. The molecular formula is C16H26N2O. The van der Waals surface area contributed by atoms with Crippen LogP contribution >= 0.6 is 0 Å². The van der Waals surface area contributed by atoms with Crippen LogP contribution in [0.3, 0.4) is 0 Å². The zero-order valence-corrected chi connectivity index (χ0v) is 12.4. The number of likely N-dealkylation sites (tertiary alicyclic amines) is 1. The van der Waals surface area contributed by atoms with E-state index in [9.17, 15) is 0 Å². The molecule has 2 rings (SSSR count). The van der Waals surface area contributed by atoms with Crippen LogP contribution in [-0.2, 0) is 0 Å². The molecule has 1 aromatic carbocycles. The predicted molar refractivity (Wildman–Crippen MR) is 79.7 cm³/mol. The average Bonchev–Trinajstić information content (AvgIpc) is 2.89. The van der Waals surface area contributed by atoms with Gasteiger partial charge >= 0.3 is 0 Å². The third-order valence-corrected chi connectivity index (χ3v) is 3.64. The van der Waals surface area contributed by atoms with E-state index in [0.717, 1.165) is 12.3 Å². The number of nitrogens with zero attached hydrogens (tertiary/aromatic N) is 1. The number of rotatable bonds is 6. The van der Waals surface area contributed by atoms with Gasteiger partial charge in [-0.3, -0.25) is 0 Å². The van der Waals surface area contributed by atoms with Crippen molar-refractivity contribution in [2.75, 3.05) is 26.7 Å². The third kappa shape index (κ3) is 4.22. The van der Waals surface area contributed by atoms with Crippen molar-refractivity contribution in [3.63, 3.8) is 0 Å². The first kappa shape index (κ1) is 14.4. The fourth-order valence-electron chi connectivity index (χ4n) is 2.64. The molecule has 1 fully saturated rings. The van der Waals surface area contributed by atoms with Crippen LogP contribution in [0.15, 0.2) is 24.3 Å². The van der Waals surface area contributed by atoms with Crippen molar-refractivity contribution >= 4 is 0 Å². The molecule has 106 valence electrons. The van der Waals surface area contributed by atoms with E-state index < -0.39 is 0 Å². The summed E-state index contributed by atoms with van der Waals surface area (Å²) in [6.45, 7) is 7.69. The second-order valence-electron chi connectivity index (χ2n) is 5.58. The van der Waals surface area contributed by atoms with Gasteiger partial charge in [-0.25, -0.2) is 0 Å². The van der Waals surface area contributed by atoms with Crippen LogP contribution in [0.25, 0.3) is 0 Å². The van der Waals surface area contributed by atoms with E-state index in [1.807, 2.05) is 7.05 Å². The third-order valence-electron chi connectivity index (χ3n) is 3.64. The first-order valence-electron chi connectivity index (χ1n) is 7.35. The van der Waals surface area contributed by atoms with E-state index in [1.54, 1.807) is 0 Å². The number of nitrogens with one attached hydrogen (secondary N) is 1. The van der Waals surface area contributed by atoms with Crippen molar-refractivity contribution in [2.24, 2.45) is 0 Å². The number of ether oxygens (including phenoxy) is 1. The Balaban J connectivity index is 1.97. The Kier molecular flexibility index (Phi) is 5.23. The van der Waals surface area contributed by atoms with Crippen LogP contribution in [0.4, 0.5) is 0 Å². The molecule has 3 heteroatoms.